The minimum absolute atomic E-state index is 0.135. The van der Waals surface area contributed by atoms with Crippen LogP contribution in [0.25, 0.3) is 0 Å². The van der Waals surface area contributed by atoms with Gasteiger partial charge < -0.3 is 4.74 Å². The molecule has 1 aromatic heterocycles. The van der Waals surface area contributed by atoms with E-state index in [2.05, 4.69) is 24.3 Å². The SMILES string of the molecule is CCC1OCCC1C(NN)c1cnccc1C. The maximum atomic E-state index is 5.74. The number of rotatable bonds is 4. The van der Waals surface area contributed by atoms with Gasteiger partial charge >= 0.3 is 0 Å². The van der Waals surface area contributed by atoms with Crippen LogP contribution in [0.2, 0.25) is 0 Å². The van der Waals surface area contributed by atoms with E-state index in [0.29, 0.717) is 12.0 Å². The number of aromatic nitrogens is 1. The van der Waals surface area contributed by atoms with E-state index < -0.39 is 0 Å². The van der Waals surface area contributed by atoms with E-state index in [1.165, 1.54) is 11.1 Å². The molecule has 3 atom stereocenters. The lowest BCUT2D eigenvalue weighted by molar-refractivity contribution is 0.0773. The molecule has 94 valence electrons. The lowest BCUT2D eigenvalue weighted by atomic mass is 9.86. The summed E-state index contributed by atoms with van der Waals surface area (Å²) >= 11 is 0. The van der Waals surface area contributed by atoms with Gasteiger partial charge in [-0.1, -0.05) is 6.92 Å². The van der Waals surface area contributed by atoms with Crippen LogP contribution in [0, 0.1) is 12.8 Å². The number of aryl methyl sites for hydroxylation is 1. The Morgan fingerprint density at radius 2 is 2.47 bits per heavy atom. The van der Waals surface area contributed by atoms with Gasteiger partial charge in [-0.15, -0.1) is 0 Å². The molecule has 3 unspecified atom stereocenters. The standard InChI is InChI=1S/C13H21N3O/c1-3-12-10(5-7-17-12)13(16-14)11-8-15-6-4-9(11)2/h4,6,8,10,12-13,16H,3,5,7,14H2,1-2H3. The summed E-state index contributed by atoms with van der Waals surface area (Å²) in [5, 5.41) is 0. The molecule has 1 fully saturated rings. The van der Waals surface area contributed by atoms with Crippen LogP contribution in [-0.2, 0) is 4.74 Å². The third-order valence-electron chi connectivity index (χ3n) is 3.69. The summed E-state index contributed by atoms with van der Waals surface area (Å²) in [5.41, 5.74) is 5.36. The number of nitrogens with zero attached hydrogens (tertiary/aromatic N) is 1. The zero-order valence-electron chi connectivity index (χ0n) is 10.5. The van der Waals surface area contributed by atoms with Crippen molar-refractivity contribution < 1.29 is 4.74 Å². The lowest BCUT2D eigenvalue weighted by Gasteiger charge is -2.27. The third kappa shape index (κ3) is 2.49. The minimum Gasteiger partial charge on any atom is -0.378 e. The summed E-state index contributed by atoms with van der Waals surface area (Å²) in [6.45, 7) is 5.09. The maximum Gasteiger partial charge on any atom is 0.0620 e. The number of nitrogens with one attached hydrogen (secondary N) is 1. The first-order chi connectivity index (χ1) is 8.27. The summed E-state index contributed by atoms with van der Waals surface area (Å²) in [6, 6.07) is 2.16. The van der Waals surface area contributed by atoms with E-state index in [-0.39, 0.29) is 6.04 Å². The summed E-state index contributed by atoms with van der Waals surface area (Å²) in [4.78, 5) is 4.20. The molecule has 4 nitrogen and oxygen atoms in total. The molecule has 0 bridgehead atoms. The summed E-state index contributed by atoms with van der Waals surface area (Å²) in [6.07, 6.45) is 6.11. The van der Waals surface area contributed by atoms with Crippen molar-refractivity contribution in [2.75, 3.05) is 6.61 Å². The van der Waals surface area contributed by atoms with Crippen LogP contribution in [0.4, 0.5) is 0 Å². The van der Waals surface area contributed by atoms with E-state index in [1.807, 2.05) is 18.5 Å². The number of pyridine rings is 1. The quantitative estimate of drug-likeness (QED) is 0.616. The van der Waals surface area contributed by atoms with Gasteiger partial charge in [-0.3, -0.25) is 16.3 Å². The molecular formula is C13H21N3O. The van der Waals surface area contributed by atoms with Crippen molar-refractivity contribution in [3.63, 3.8) is 0 Å². The molecule has 0 amide bonds. The number of hydrogen-bond donors (Lipinski definition) is 2. The van der Waals surface area contributed by atoms with Crippen LogP contribution in [-0.4, -0.2) is 17.7 Å². The fourth-order valence-electron chi connectivity index (χ4n) is 2.71. The second-order valence-electron chi connectivity index (χ2n) is 4.65. The van der Waals surface area contributed by atoms with Crippen molar-refractivity contribution in [2.45, 2.75) is 38.8 Å². The number of ether oxygens (including phenoxy) is 1. The van der Waals surface area contributed by atoms with Crippen LogP contribution in [0.3, 0.4) is 0 Å². The van der Waals surface area contributed by atoms with Gasteiger partial charge in [-0.05, 0) is 37.0 Å². The van der Waals surface area contributed by atoms with Crippen LogP contribution >= 0.6 is 0 Å². The van der Waals surface area contributed by atoms with Crippen LogP contribution in [0.1, 0.15) is 36.9 Å². The first-order valence-corrected chi connectivity index (χ1v) is 6.26. The zero-order chi connectivity index (χ0) is 12.3. The topological polar surface area (TPSA) is 60.2 Å². The van der Waals surface area contributed by atoms with Gasteiger partial charge in [0.05, 0.1) is 12.1 Å². The summed E-state index contributed by atoms with van der Waals surface area (Å²) in [5.74, 6) is 6.17. The van der Waals surface area contributed by atoms with Crippen molar-refractivity contribution in [1.82, 2.24) is 10.4 Å². The zero-order valence-corrected chi connectivity index (χ0v) is 10.5. The lowest BCUT2D eigenvalue weighted by Crippen LogP contribution is -2.37. The average Bonchev–Trinajstić information content (AvgIpc) is 2.81. The molecule has 0 aliphatic carbocycles. The predicted molar refractivity (Wildman–Crippen MR) is 67.2 cm³/mol. The number of hydrogen-bond acceptors (Lipinski definition) is 4. The Kier molecular flexibility index (Phi) is 4.10. The highest BCUT2D eigenvalue weighted by molar-refractivity contribution is 5.26. The monoisotopic (exact) mass is 235 g/mol. The fourth-order valence-corrected chi connectivity index (χ4v) is 2.71. The Morgan fingerprint density at radius 3 is 3.12 bits per heavy atom. The second kappa shape index (κ2) is 5.58. The smallest absolute Gasteiger partial charge is 0.0620 e. The average molecular weight is 235 g/mol. The number of hydrazine groups is 1. The van der Waals surface area contributed by atoms with Gasteiger partial charge in [0.2, 0.25) is 0 Å². The third-order valence-corrected chi connectivity index (χ3v) is 3.69. The van der Waals surface area contributed by atoms with E-state index in [1.54, 1.807) is 0 Å². The van der Waals surface area contributed by atoms with E-state index in [9.17, 15) is 0 Å². The first-order valence-electron chi connectivity index (χ1n) is 6.26. The second-order valence-corrected chi connectivity index (χ2v) is 4.65. The van der Waals surface area contributed by atoms with Crippen LogP contribution in [0.15, 0.2) is 18.5 Å². The molecule has 1 aliphatic rings. The Labute approximate surface area is 103 Å². The van der Waals surface area contributed by atoms with E-state index >= 15 is 0 Å². The Morgan fingerprint density at radius 1 is 1.65 bits per heavy atom. The van der Waals surface area contributed by atoms with Crippen molar-refractivity contribution in [1.29, 1.82) is 0 Å². The molecule has 0 radical (unpaired) electrons. The highest BCUT2D eigenvalue weighted by atomic mass is 16.5. The summed E-state index contributed by atoms with van der Waals surface area (Å²) in [7, 11) is 0. The van der Waals surface area contributed by atoms with Crippen molar-refractivity contribution in [3.05, 3.63) is 29.6 Å². The van der Waals surface area contributed by atoms with Gasteiger partial charge in [0.15, 0.2) is 0 Å². The molecule has 1 aromatic rings. The largest absolute Gasteiger partial charge is 0.378 e. The highest BCUT2D eigenvalue weighted by Gasteiger charge is 2.34. The maximum absolute atomic E-state index is 5.74. The molecule has 0 spiro atoms. The van der Waals surface area contributed by atoms with Crippen molar-refractivity contribution in [2.24, 2.45) is 11.8 Å². The van der Waals surface area contributed by atoms with Gasteiger partial charge in [0.25, 0.3) is 0 Å². The van der Waals surface area contributed by atoms with Gasteiger partial charge in [-0.2, -0.15) is 0 Å². The Hall–Kier alpha value is -0.970. The number of nitrogens with two attached hydrogens (primary N) is 1. The van der Waals surface area contributed by atoms with Crippen LogP contribution < -0.4 is 11.3 Å². The molecule has 17 heavy (non-hydrogen) atoms. The molecule has 3 N–H and O–H groups in total. The van der Waals surface area contributed by atoms with Crippen molar-refractivity contribution >= 4 is 0 Å². The van der Waals surface area contributed by atoms with E-state index in [0.717, 1.165) is 19.4 Å². The predicted octanol–water partition coefficient (Wildman–Crippen LogP) is 1.71. The van der Waals surface area contributed by atoms with Crippen molar-refractivity contribution in [3.8, 4) is 0 Å². The van der Waals surface area contributed by atoms with E-state index in [4.69, 9.17) is 10.6 Å². The van der Waals surface area contributed by atoms with Gasteiger partial charge in [0.1, 0.15) is 0 Å². The normalized spacial score (nSPS) is 26.1. The fraction of sp³-hybridized carbons (Fsp3) is 0.615. The van der Waals surface area contributed by atoms with Gasteiger partial charge in [-0.25, -0.2) is 0 Å². The molecule has 1 saturated heterocycles. The Balaban J connectivity index is 2.24. The molecule has 2 heterocycles. The molecule has 0 aromatic carbocycles. The molecule has 2 rings (SSSR count). The highest BCUT2D eigenvalue weighted by Crippen LogP contribution is 2.35. The minimum atomic E-state index is 0.135. The molecular weight excluding hydrogens is 214 g/mol. The molecule has 4 heteroatoms. The van der Waals surface area contributed by atoms with Crippen LogP contribution in [0.5, 0.6) is 0 Å². The van der Waals surface area contributed by atoms with Gasteiger partial charge in [0, 0.05) is 24.9 Å². The molecule has 0 saturated carbocycles. The first kappa shape index (κ1) is 12.5. The Bertz CT molecular complexity index is 369. The summed E-state index contributed by atoms with van der Waals surface area (Å²) < 4.78 is 5.74. The molecule has 1 aliphatic heterocycles.